The summed E-state index contributed by atoms with van der Waals surface area (Å²) >= 11 is 0. The van der Waals surface area contributed by atoms with Crippen LogP contribution < -0.4 is 0 Å². The van der Waals surface area contributed by atoms with Crippen molar-refractivity contribution in [1.29, 1.82) is 0 Å². The molecule has 1 rings (SSSR count). The van der Waals surface area contributed by atoms with E-state index < -0.39 is 6.10 Å². The average molecular weight is 319 g/mol. The fraction of sp³-hybridized carbons (Fsp3) is 0.619. The zero-order valence-corrected chi connectivity index (χ0v) is 14.8. The van der Waals surface area contributed by atoms with Crippen LogP contribution in [-0.2, 0) is 4.74 Å². The smallest absolute Gasteiger partial charge is 0.102 e. The molecule has 1 aromatic carbocycles. The van der Waals surface area contributed by atoms with Crippen LogP contribution in [-0.4, -0.2) is 18.3 Å². The highest BCUT2D eigenvalue weighted by atomic mass is 16.5. The largest absolute Gasteiger partial charge is 0.386 e. The van der Waals surface area contributed by atoms with Gasteiger partial charge in [0, 0.05) is 0 Å². The minimum Gasteiger partial charge on any atom is -0.386 e. The van der Waals surface area contributed by atoms with E-state index in [1.807, 2.05) is 30.3 Å². The second-order valence-corrected chi connectivity index (χ2v) is 6.20. The summed E-state index contributed by atoms with van der Waals surface area (Å²) in [5.41, 5.74) is 0.912. The molecule has 0 heterocycles. The van der Waals surface area contributed by atoms with Crippen LogP contribution in [0.5, 0.6) is 0 Å². The summed E-state index contributed by atoms with van der Waals surface area (Å²) < 4.78 is 5.50. The minimum absolute atomic E-state index is 0.353. The maximum atomic E-state index is 9.95. The summed E-state index contributed by atoms with van der Waals surface area (Å²) in [6.45, 7) is 3.20. The van der Waals surface area contributed by atoms with Gasteiger partial charge in [0.1, 0.15) is 6.10 Å². The van der Waals surface area contributed by atoms with Gasteiger partial charge < -0.3 is 9.84 Å². The molecule has 0 fully saturated rings. The van der Waals surface area contributed by atoms with Gasteiger partial charge in [0.05, 0.1) is 13.2 Å². The summed E-state index contributed by atoms with van der Waals surface area (Å²) in [6, 6.07) is 9.66. The van der Waals surface area contributed by atoms with Crippen molar-refractivity contribution in [1.82, 2.24) is 0 Å². The average Bonchev–Trinajstić information content (AvgIpc) is 2.59. The molecular weight excluding hydrogens is 284 g/mol. The van der Waals surface area contributed by atoms with Crippen molar-refractivity contribution < 1.29 is 9.84 Å². The van der Waals surface area contributed by atoms with Crippen LogP contribution in [0.1, 0.15) is 76.4 Å². The predicted octanol–water partition coefficient (Wildman–Crippen LogP) is 5.82. The molecule has 130 valence electrons. The van der Waals surface area contributed by atoms with E-state index in [0.717, 1.165) is 12.0 Å². The Kier molecular flexibility index (Phi) is 12.5. The zero-order chi connectivity index (χ0) is 16.6. The van der Waals surface area contributed by atoms with Crippen molar-refractivity contribution in [2.24, 2.45) is 0 Å². The molecular formula is C21H34O2. The van der Waals surface area contributed by atoms with E-state index in [1.165, 1.54) is 51.4 Å². The van der Waals surface area contributed by atoms with Gasteiger partial charge in [-0.05, 0) is 18.4 Å². The molecule has 0 aromatic heterocycles. The van der Waals surface area contributed by atoms with Crippen molar-refractivity contribution in [2.75, 3.05) is 13.2 Å². The van der Waals surface area contributed by atoms with E-state index in [1.54, 1.807) is 0 Å². The van der Waals surface area contributed by atoms with Gasteiger partial charge in [-0.1, -0.05) is 94.4 Å². The van der Waals surface area contributed by atoms with E-state index in [2.05, 4.69) is 19.1 Å². The highest BCUT2D eigenvalue weighted by Gasteiger charge is 2.05. The van der Waals surface area contributed by atoms with Crippen LogP contribution in [0.3, 0.4) is 0 Å². The first kappa shape index (κ1) is 19.9. The molecule has 0 amide bonds. The first-order valence-electron chi connectivity index (χ1n) is 9.30. The highest BCUT2D eigenvalue weighted by molar-refractivity contribution is 5.17. The fourth-order valence-corrected chi connectivity index (χ4v) is 2.60. The number of allylic oxidation sites excluding steroid dienone is 1. The molecule has 0 spiro atoms. The number of aliphatic hydroxyl groups is 1. The van der Waals surface area contributed by atoms with Crippen molar-refractivity contribution >= 4 is 0 Å². The molecule has 1 atom stereocenters. The number of hydrogen-bond donors (Lipinski definition) is 1. The zero-order valence-electron chi connectivity index (χ0n) is 14.8. The van der Waals surface area contributed by atoms with Crippen molar-refractivity contribution in [3.05, 3.63) is 48.0 Å². The molecule has 2 heteroatoms. The Morgan fingerprint density at radius 1 is 0.913 bits per heavy atom. The van der Waals surface area contributed by atoms with Crippen LogP contribution in [0.4, 0.5) is 0 Å². The summed E-state index contributed by atoms with van der Waals surface area (Å²) in [5, 5.41) is 9.95. The number of benzene rings is 1. The topological polar surface area (TPSA) is 29.5 Å². The van der Waals surface area contributed by atoms with Gasteiger partial charge in [-0.25, -0.2) is 0 Å². The van der Waals surface area contributed by atoms with E-state index in [-0.39, 0.29) is 0 Å². The SMILES string of the molecule is CCCCCCCCCC/C=C/COCC(O)c1ccccc1. The van der Waals surface area contributed by atoms with Gasteiger partial charge in [-0.3, -0.25) is 0 Å². The van der Waals surface area contributed by atoms with E-state index >= 15 is 0 Å². The molecule has 0 saturated carbocycles. The third kappa shape index (κ3) is 11.1. The Morgan fingerprint density at radius 2 is 1.57 bits per heavy atom. The monoisotopic (exact) mass is 318 g/mol. The molecule has 0 saturated heterocycles. The number of unbranched alkanes of at least 4 members (excludes halogenated alkanes) is 8. The van der Waals surface area contributed by atoms with Gasteiger partial charge >= 0.3 is 0 Å². The fourth-order valence-electron chi connectivity index (χ4n) is 2.60. The van der Waals surface area contributed by atoms with E-state index in [9.17, 15) is 5.11 Å². The van der Waals surface area contributed by atoms with Crippen LogP contribution in [0.2, 0.25) is 0 Å². The summed E-state index contributed by atoms with van der Waals surface area (Å²) in [7, 11) is 0. The molecule has 0 bridgehead atoms. The molecule has 1 aromatic rings. The molecule has 2 nitrogen and oxygen atoms in total. The van der Waals surface area contributed by atoms with Gasteiger partial charge in [0.2, 0.25) is 0 Å². The lowest BCUT2D eigenvalue weighted by Crippen LogP contribution is -2.06. The molecule has 23 heavy (non-hydrogen) atoms. The Bertz CT molecular complexity index is 386. The van der Waals surface area contributed by atoms with Gasteiger partial charge in [-0.2, -0.15) is 0 Å². The van der Waals surface area contributed by atoms with Crippen LogP contribution in [0.25, 0.3) is 0 Å². The molecule has 1 N–H and O–H groups in total. The van der Waals surface area contributed by atoms with Crippen LogP contribution in [0.15, 0.2) is 42.5 Å². The quantitative estimate of drug-likeness (QED) is 0.346. The van der Waals surface area contributed by atoms with Gasteiger partial charge in [-0.15, -0.1) is 0 Å². The molecule has 0 aliphatic rings. The lowest BCUT2D eigenvalue weighted by molar-refractivity contribution is 0.0487. The summed E-state index contributed by atoms with van der Waals surface area (Å²) in [4.78, 5) is 0. The van der Waals surface area contributed by atoms with Crippen LogP contribution in [0, 0.1) is 0 Å². The second kappa shape index (κ2) is 14.5. The predicted molar refractivity (Wildman–Crippen MR) is 98.6 cm³/mol. The first-order valence-corrected chi connectivity index (χ1v) is 9.30. The highest BCUT2D eigenvalue weighted by Crippen LogP contribution is 2.12. The summed E-state index contributed by atoms with van der Waals surface area (Å²) in [6.07, 6.45) is 15.8. The maximum Gasteiger partial charge on any atom is 0.102 e. The lowest BCUT2D eigenvalue weighted by Gasteiger charge is -2.10. The van der Waals surface area contributed by atoms with Gasteiger partial charge in [0.25, 0.3) is 0 Å². The molecule has 0 aliphatic heterocycles. The molecule has 0 radical (unpaired) electrons. The lowest BCUT2D eigenvalue weighted by atomic mass is 10.1. The number of ether oxygens (including phenoxy) is 1. The van der Waals surface area contributed by atoms with Crippen molar-refractivity contribution in [3.8, 4) is 0 Å². The molecule has 0 aliphatic carbocycles. The van der Waals surface area contributed by atoms with E-state index in [4.69, 9.17) is 4.74 Å². The van der Waals surface area contributed by atoms with Gasteiger partial charge in [0.15, 0.2) is 0 Å². The third-order valence-electron chi connectivity index (χ3n) is 4.07. The maximum absolute atomic E-state index is 9.95. The first-order chi connectivity index (χ1) is 11.3. The van der Waals surface area contributed by atoms with E-state index in [0.29, 0.717) is 13.2 Å². The van der Waals surface area contributed by atoms with Crippen LogP contribution >= 0.6 is 0 Å². The minimum atomic E-state index is -0.530. The normalized spacial score (nSPS) is 12.8. The van der Waals surface area contributed by atoms with Crippen molar-refractivity contribution in [2.45, 2.75) is 70.8 Å². The second-order valence-electron chi connectivity index (χ2n) is 6.20. The Balaban J connectivity index is 1.89. The Morgan fingerprint density at radius 3 is 2.26 bits per heavy atom. The van der Waals surface area contributed by atoms with Crippen molar-refractivity contribution in [3.63, 3.8) is 0 Å². The number of hydrogen-bond acceptors (Lipinski definition) is 2. The third-order valence-corrected chi connectivity index (χ3v) is 4.07. The number of aliphatic hydroxyl groups excluding tert-OH is 1. The number of rotatable bonds is 14. The standard InChI is InChI=1S/C21H34O2/c1-2-3-4-5-6-7-8-9-10-11-15-18-23-19-21(22)20-16-13-12-14-17-20/h11-17,21-22H,2-10,18-19H2,1H3/b15-11+. The summed E-state index contributed by atoms with van der Waals surface area (Å²) in [5.74, 6) is 0. The molecule has 1 unspecified atom stereocenters. The Labute approximate surface area is 142 Å². The Hall–Kier alpha value is -1.12.